The lowest BCUT2D eigenvalue weighted by atomic mass is 9.74. The van der Waals surface area contributed by atoms with Gasteiger partial charge in [0.2, 0.25) is 0 Å². The van der Waals surface area contributed by atoms with Gasteiger partial charge in [-0.1, -0.05) is 12.1 Å². The number of benzene rings is 1. The van der Waals surface area contributed by atoms with Gasteiger partial charge in [-0.25, -0.2) is 0 Å². The van der Waals surface area contributed by atoms with Crippen LogP contribution in [0.2, 0.25) is 0 Å². The molecule has 0 aliphatic carbocycles. The molecule has 1 atom stereocenters. The first-order valence-electron chi connectivity index (χ1n) is 6.38. The van der Waals surface area contributed by atoms with E-state index < -0.39 is 24.3 Å². The maximum Gasteiger partial charge on any atom is 0.480 e. The predicted molar refractivity (Wildman–Crippen MR) is 74.2 cm³/mol. The van der Waals surface area contributed by atoms with E-state index in [0.717, 1.165) is 5.56 Å². The number of hydrogen-bond donors (Lipinski definition) is 1. The van der Waals surface area contributed by atoms with Crippen molar-refractivity contribution in [1.82, 2.24) is 0 Å². The molecule has 1 saturated heterocycles. The van der Waals surface area contributed by atoms with E-state index in [0.29, 0.717) is 5.56 Å². The molecule has 1 aliphatic heterocycles. The van der Waals surface area contributed by atoms with Crippen LogP contribution in [0.3, 0.4) is 0 Å². The van der Waals surface area contributed by atoms with E-state index in [4.69, 9.17) is 20.3 Å². The molecule has 0 bridgehead atoms. The summed E-state index contributed by atoms with van der Waals surface area (Å²) in [5.41, 5.74) is 6.84. The highest BCUT2D eigenvalue weighted by molar-refractivity contribution is 6.47. The molecule has 0 spiro atoms. The van der Waals surface area contributed by atoms with Crippen LogP contribution >= 0.6 is 0 Å². The van der Waals surface area contributed by atoms with Crippen molar-refractivity contribution in [2.24, 2.45) is 5.73 Å². The summed E-state index contributed by atoms with van der Waals surface area (Å²) in [6.45, 7) is 7.97. The highest BCUT2D eigenvalue weighted by Crippen LogP contribution is 2.39. The molecule has 1 heterocycles. The third-order valence-corrected chi connectivity index (χ3v) is 3.97. The van der Waals surface area contributed by atoms with Crippen LogP contribution in [-0.2, 0) is 9.31 Å². The molecule has 1 aromatic carbocycles. The fraction of sp³-hybridized carbons (Fsp3) is 0.500. The van der Waals surface area contributed by atoms with Gasteiger partial charge >= 0.3 is 7.12 Å². The maximum absolute atomic E-state index is 8.92. The van der Waals surface area contributed by atoms with Gasteiger partial charge in [-0.15, -0.1) is 0 Å². The minimum absolute atomic E-state index is 0.401. The molecule has 1 aromatic rings. The van der Waals surface area contributed by atoms with Crippen molar-refractivity contribution in [2.45, 2.75) is 44.8 Å². The van der Waals surface area contributed by atoms with Crippen LogP contribution in [0.1, 0.15) is 44.8 Å². The molecule has 1 fully saturated rings. The number of hydrogen-bond acceptors (Lipinski definition) is 4. The monoisotopic (exact) mass is 258 g/mol. The van der Waals surface area contributed by atoms with Crippen molar-refractivity contribution in [2.75, 3.05) is 0 Å². The molecule has 0 saturated carbocycles. The molecule has 5 heteroatoms. The zero-order chi connectivity index (χ0) is 14.3. The Bertz CT molecular complexity index is 506. The lowest BCUT2D eigenvalue weighted by Crippen LogP contribution is -2.41. The lowest BCUT2D eigenvalue weighted by Gasteiger charge is -2.32. The minimum Gasteiger partial charge on any atom is -0.402 e. The van der Waals surface area contributed by atoms with Crippen molar-refractivity contribution >= 4 is 7.12 Å². The van der Waals surface area contributed by atoms with Crippen LogP contribution in [0.5, 0.6) is 0 Å². The third kappa shape index (κ3) is 2.52. The fourth-order valence-corrected chi connectivity index (χ4v) is 2.01. The number of nitrogens with two attached hydrogens (primary N) is 1. The Hall–Kier alpha value is -1.35. The normalized spacial score (nSPS) is 22.0. The Morgan fingerprint density at radius 3 is 2.32 bits per heavy atom. The standard InChI is InChI=1S/C14H19BN2O2/c1-13(2)14(3,4)19-15(18-13)12(17)11-7-5-6-10(8-11)9-16/h5-8,12H,17H2,1-4H3/t12-/m0/s1. The van der Waals surface area contributed by atoms with Crippen molar-refractivity contribution in [1.29, 1.82) is 5.26 Å². The maximum atomic E-state index is 8.92. The summed E-state index contributed by atoms with van der Waals surface area (Å²) in [6.07, 6.45) is 0. The van der Waals surface area contributed by atoms with Crippen LogP contribution < -0.4 is 5.73 Å². The van der Waals surface area contributed by atoms with Crippen LogP contribution in [0.4, 0.5) is 0 Å². The Morgan fingerprint density at radius 1 is 1.21 bits per heavy atom. The fourth-order valence-electron chi connectivity index (χ4n) is 2.01. The Labute approximate surface area is 114 Å². The van der Waals surface area contributed by atoms with E-state index in [1.54, 1.807) is 12.1 Å². The van der Waals surface area contributed by atoms with E-state index in [2.05, 4.69) is 6.07 Å². The van der Waals surface area contributed by atoms with Gasteiger partial charge in [0.1, 0.15) is 0 Å². The largest absolute Gasteiger partial charge is 0.480 e. The van der Waals surface area contributed by atoms with E-state index in [1.165, 1.54) is 0 Å². The van der Waals surface area contributed by atoms with Gasteiger partial charge in [-0.3, -0.25) is 0 Å². The summed E-state index contributed by atoms with van der Waals surface area (Å²) in [5.74, 6) is -0.408. The molecule has 2 rings (SSSR count). The number of rotatable bonds is 2. The van der Waals surface area contributed by atoms with Gasteiger partial charge in [-0.2, -0.15) is 5.26 Å². The van der Waals surface area contributed by atoms with Gasteiger partial charge in [0.15, 0.2) is 0 Å². The Morgan fingerprint density at radius 2 is 1.79 bits per heavy atom. The molecular formula is C14H19BN2O2. The van der Waals surface area contributed by atoms with Crippen LogP contribution in [0, 0.1) is 11.3 Å². The van der Waals surface area contributed by atoms with Crippen molar-refractivity contribution in [3.8, 4) is 6.07 Å². The molecule has 1 aliphatic rings. The number of nitriles is 1. The molecule has 0 unspecified atom stereocenters. The molecule has 100 valence electrons. The average molecular weight is 258 g/mol. The molecule has 0 radical (unpaired) electrons. The summed E-state index contributed by atoms with van der Waals surface area (Å²) in [6, 6.07) is 9.34. The van der Waals surface area contributed by atoms with Crippen molar-refractivity contribution in [3.63, 3.8) is 0 Å². The van der Waals surface area contributed by atoms with Gasteiger partial charge in [0.05, 0.1) is 28.8 Å². The average Bonchev–Trinajstić information content (AvgIpc) is 2.57. The van der Waals surface area contributed by atoms with Crippen molar-refractivity contribution in [3.05, 3.63) is 35.4 Å². The molecule has 4 nitrogen and oxygen atoms in total. The molecule has 19 heavy (non-hydrogen) atoms. The number of nitrogens with zero attached hydrogens (tertiary/aromatic N) is 1. The third-order valence-electron chi connectivity index (χ3n) is 3.97. The summed E-state index contributed by atoms with van der Waals surface area (Å²) >= 11 is 0. The zero-order valence-electron chi connectivity index (χ0n) is 11.8. The molecular weight excluding hydrogens is 239 g/mol. The SMILES string of the molecule is CC1(C)OB([C@@H](N)c2cccc(C#N)c2)OC1(C)C. The summed E-state index contributed by atoms with van der Waals surface area (Å²) in [4.78, 5) is 0. The second-order valence-electron chi connectivity index (χ2n) is 5.89. The van der Waals surface area contributed by atoms with E-state index >= 15 is 0 Å². The summed E-state index contributed by atoms with van der Waals surface area (Å²) in [7, 11) is -0.501. The Balaban J connectivity index is 2.22. The smallest absolute Gasteiger partial charge is 0.402 e. The van der Waals surface area contributed by atoms with E-state index in [-0.39, 0.29) is 0 Å². The second kappa shape index (κ2) is 4.64. The second-order valence-corrected chi connectivity index (χ2v) is 5.89. The highest BCUT2D eigenvalue weighted by Gasteiger charge is 2.53. The molecule has 0 aromatic heterocycles. The first-order valence-corrected chi connectivity index (χ1v) is 6.38. The van der Waals surface area contributed by atoms with Gasteiger partial charge in [0.25, 0.3) is 0 Å². The zero-order valence-corrected chi connectivity index (χ0v) is 11.8. The van der Waals surface area contributed by atoms with Gasteiger partial charge in [0, 0.05) is 0 Å². The van der Waals surface area contributed by atoms with Crippen LogP contribution in [0.15, 0.2) is 24.3 Å². The summed E-state index contributed by atoms with van der Waals surface area (Å²) in [5, 5.41) is 8.92. The van der Waals surface area contributed by atoms with Crippen molar-refractivity contribution < 1.29 is 9.31 Å². The topological polar surface area (TPSA) is 68.3 Å². The first-order chi connectivity index (χ1) is 8.77. The Kier molecular flexibility index (Phi) is 3.44. The van der Waals surface area contributed by atoms with Gasteiger partial charge < -0.3 is 15.0 Å². The first kappa shape index (κ1) is 14.1. The molecule has 0 amide bonds. The van der Waals surface area contributed by atoms with Gasteiger partial charge in [-0.05, 0) is 45.4 Å². The van der Waals surface area contributed by atoms with Crippen LogP contribution in [0.25, 0.3) is 0 Å². The van der Waals surface area contributed by atoms with E-state index in [1.807, 2.05) is 39.8 Å². The van der Waals surface area contributed by atoms with Crippen LogP contribution in [-0.4, -0.2) is 18.3 Å². The van der Waals surface area contributed by atoms with E-state index in [9.17, 15) is 0 Å². The minimum atomic E-state index is -0.501. The molecule has 2 N–H and O–H groups in total. The lowest BCUT2D eigenvalue weighted by molar-refractivity contribution is 0.00578. The highest BCUT2D eigenvalue weighted by atomic mass is 16.7. The quantitative estimate of drug-likeness (QED) is 0.825. The predicted octanol–water partition coefficient (Wildman–Crippen LogP) is 2.19. The summed E-state index contributed by atoms with van der Waals surface area (Å²) < 4.78 is 11.8.